The van der Waals surface area contributed by atoms with Crippen molar-refractivity contribution < 1.29 is 0 Å². The van der Waals surface area contributed by atoms with Crippen LogP contribution < -0.4 is 5.73 Å². The Hall–Kier alpha value is -0.610. The molecule has 4 heteroatoms. The van der Waals surface area contributed by atoms with Crippen molar-refractivity contribution in [2.45, 2.75) is 37.1 Å². The fraction of sp³-hybridized carbons (Fsp3) is 0.556. The molecule has 72 valence electrons. The van der Waals surface area contributed by atoms with Crippen LogP contribution in [0.3, 0.4) is 0 Å². The third kappa shape index (κ3) is 3.74. The number of thioether (sulfide) groups is 1. The molecule has 0 bridgehead atoms. The summed E-state index contributed by atoms with van der Waals surface area (Å²) in [6.45, 7) is 6.90. The first-order valence-corrected chi connectivity index (χ1v) is 5.04. The lowest BCUT2D eigenvalue weighted by Gasteiger charge is -2.15. The van der Waals surface area contributed by atoms with Crippen molar-refractivity contribution in [2.75, 3.05) is 0 Å². The smallest absolute Gasteiger partial charge is 0.119 e. The largest absolute Gasteiger partial charge is 0.325 e. The molecule has 0 aromatic carbocycles. The third-order valence-corrected chi connectivity index (χ3v) is 2.35. The Morgan fingerprint density at radius 3 is 2.38 bits per heavy atom. The maximum atomic E-state index is 5.42. The number of nitrogens with zero attached hydrogens (tertiary/aromatic N) is 2. The first kappa shape index (κ1) is 10.5. The molecule has 0 atom stereocenters. The quantitative estimate of drug-likeness (QED) is 0.735. The van der Waals surface area contributed by atoms with E-state index in [9.17, 15) is 0 Å². The van der Waals surface area contributed by atoms with E-state index >= 15 is 0 Å². The lowest BCUT2D eigenvalue weighted by atomic mass is 10.3. The summed E-state index contributed by atoms with van der Waals surface area (Å²) in [4.78, 5) is 0. The Bertz CT molecular complexity index is 263. The summed E-state index contributed by atoms with van der Waals surface area (Å²) in [5.41, 5.74) is 6.25. The van der Waals surface area contributed by atoms with Gasteiger partial charge in [0.25, 0.3) is 0 Å². The molecule has 1 aromatic rings. The van der Waals surface area contributed by atoms with Gasteiger partial charge >= 0.3 is 0 Å². The Balaban J connectivity index is 2.70. The summed E-state index contributed by atoms with van der Waals surface area (Å²) in [6.07, 6.45) is 0. The van der Waals surface area contributed by atoms with Gasteiger partial charge in [-0.15, -0.1) is 5.10 Å². The lowest BCUT2D eigenvalue weighted by molar-refractivity contribution is 0.787. The number of hydrogen-bond donors (Lipinski definition) is 1. The number of rotatable bonds is 2. The van der Waals surface area contributed by atoms with Gasteiger partial charge in [-0.2, -0.15) is 5.10 Å². The zero-order chi connectivity index (χ0) is 9.90. The van der Waals surface area contributed by atoms with Gasteiger partial charge in [-0.3, -0.25) is 0 Å². The lowest BCUT2D eigenvalue weighted by Crippen LogP contribution is -2.08. The standard InChI is InChI=1S/C9H15N3S/c1-9(2,3)13-8-5-4-7(6-10)11-12-8/h4-5H,6,10H2,1-3H3. The fourth-order valence-corrected chi connectivity index (χ4v) is 1.67. The van der Waals surface area contributed by atoms with E-state index in [0.717, 1.165) is 10.7 Å². The molecule has 0 fully saturated rings. The second-order valence-electron chi connectivity index (χ2n) is 3.78. The van der Waals surface area contributed by atoms with E-state index in [1.54, 1.807) is 11.8 Å². The summed E-state index contributed by atoms with van der Waals surface area (Å²) in [7, 11) is 0. The predicted molar refractivity (Wildman–Crippen MR) is 55.5 cm³/mol. The van der Waals surface area contributed by atoms with E-state index in [1.807, 2.05) is 12.1 Å². The molecule has 1 heterocycles. The van der Waals surface area contributed by atoms with Crippen molar-refractivity contribution in [3.05, 3.63) is 17.8 Å². The van der Waals surface area contributed by atoms with Crippen LogP contribution in [0.2, 0.25) is 0 Å². The molecule has 0 aliphatic carbocycles. The maximum absolute atomic E-state index is 5.42. The van der Waals surface area contributed by atoms with Crippen molar-refractivity contribution in [1.82, 2.24) is 10.2 Å². The molecule has 0 unspecified atom stereocenters. The Morgan fingerprint density at radius 1 is 1.31 bits per heavy atom. The molecular weight excluding hydrogens is 182 g/mol. The van der Waals surface area contributed by atoms with E-state index in [0.29, 0.717) is 6.54 Å². The second-order valence-corrected chi connectivity index (χ2v) is 5.63. The van der Waals surface area contributed by atoms with Gasteiger partial charge in [0.15, 0.2) is 0 Å². The van der Waals surface area contributed by atoms with Crippen molar-refractivity contribution in [3.63, 3.8) is 0 Å². The highest BCUT2D eigenvalue weighted by molar-refractivity contribution is 8.00. The van der Waals surface area contributed by atoms with Crippen LogP contribution in [0.5, 0.6) is 0 Å². The summed E-state index contributed by atoms with van der Waals surface area (Å²) in [5, 5.41) is 9.00. The minimum absolute atomic E-state index is 0.179. The van der Waals surface area contributed by atoms with Crippen LogP contribution in [0.15, 0.2) is 17.2 Å². The molecule has 0 saturated heterocycles. The summed E-state index contributed by atoms with van der Waals surface area (Å²) >= 11 is 1.71. The average Bonchev–Trinajstić information content (AvgIpc) is 2.03. The summed E-state index contributed by atoms with van der Waals surface area (Å²) in [5.74, 6) is 0. The SMILES string of the molecule is CC(C)(C)Sc1ccc(CN)nn1. The molecule has 0 amide bonds. The van der Waals surface area contributed by atoms with Crippen LogP contribution in [0, 0.1) is 0 Å². The normalized spacial score (nSPS) is 11.7. The van der Waals surface area contributed by atoms with Gasteiger partial charge in [0.1, 0.15) is 5.03 Å². The van der Waals surface area contributed by atoms with Gasteiger partial charge in [-0.05, 0) is 12.1 Å². The molecule has 2 N–H and O–H groups in total. The molecule has 0 radical (unpaired) electrons. The molecular formula is C9H15N3S. The maximum Gasteiger partial charge on any atom is 0.119 e. The van der Waals surface area contributed by atoms with Gasteiger partial charge in [-0.1, -0.05) is 32.5 Å². The zero-order valence-corrected chi connectivity index (χ0v) is 9.06. The van der Waals surface area contributed by atoms with Crippen LogP contribution in [0.25, 0.3) is 0 Å². The first-order chi connectivity index (χ1) is 6.01. The Labute approximate surface area is 83.1 Å². The van der Waals surface area contributed by atoms with Crippen LogP contribution in [0.1, 0.15) is 26.5 Å². The number of aromatic nitrogens is 2. The Morgan fingerprint density at radius 2 is 2.00 bits per heavy atom. The molecule has 1 aromatic heterocycles. The van der Waals surface area contributed by atoms with Crippen molar-refractivity contribution in [2.24, 2.45) is 5.73 Å². The molecule has 3 nitrogen and oxygen atoms in total. The van der Waals surface area contributed by atoms with Crippen LogP contribution >= 0.6 is 11.8 Å². The predicted octanol–water partition coefficient (Wildman–Crippen LogP) is 1.83. The first-order valence-electron chi connectivity index (χ1n) is 4.23. The summed E-state index contributed by atoms with van der Waals surface area (Å²) < 4.78 is 0.179. The van der Waals surface area contributed by atoms with E-state index < -0.39 is 0 Å². The highest BCUT2D eigenvalue weighted by Gasteiger charge is 2.12. The van der Waals surface area contributed by atoms with Crippen LogP contribution in [0.4, 0.5) is 0 Å². The minimum Gasteiger partial charge on any atom is -0.325 e. The topological polar surface area (TPSA) is 51.8 Å². The third-order valence-electron chi connectivity index (χ3n) is 1.32. The summed E-state index contributed by atoms with van der Waals surface area (Å²) in [6, 6.07) is 3.88. The van der Waals surface area contributed by atoms with Gasteiger partial charge < -0.3 is 5.73 Å². The number of hydrogen-bond acceptors (Lipinski definition) is 4. The monoisotopic (exact) mass is 197 g/mol. The highest BCUT2D eigenvalue weighted by atomic mass is 32.2. The second kappa shape index (κ2) is 4.07. The van der Waals surface area contributed by atoms with E-state index in [1.165, 1.54) is 0 Å². The van der Waals surface area contributed by atoms with Crippen molar-refractivity contribution in [3.8, 4) is 0 Å². The molecule has 1 rings (SSSR count). The van der Waals surface area contributed by atoms with E-state index in [-0.39, 0.29) is 4.75 Å². The average molecular weight is 197 g/mol. The minimum atomic E-state index is 0.179. The molecule has 0 aliphatic rings. The van der Waals surface area contributed by atoms with Crippen LogP contribution in [-0.4, -0.2) is 14.9 Å². The van der Waals surface area contributed by atoms with Crippen LogP contribution in [-0.2, 0) is 6.54 Å². The van der Waals surface area contributed by atoms with E-state index in [4.69, 9.17) is 5.73 Å². The Kier molecular flexibility index (Phi) is 3.27. The molecule has 0 saturated carbocycles. The van der Waals surface area contributed by atoms with Gasteiger partial charge in [0.2, 0.25) is 0 Å². The van der Waals surface area contributed by atoms with Gasteiger partial charge in [0, 0.05) is 11.3 Å². The van der Waals surface area contributed by atoms with E-state index in [2.05, 4.69) is 31.0 Å². The van der Waals surface area contributed by atoms with Gasteiger partial charge in [-0.25, -0.2) is 0 Å². The van der Waals surface area contributed by atoms with Gasteiger partial charge in [0.05, 0.1) is 5.69 Å². The molecule has 0 aliphatic heterocycles. The fourth-order valence-electron chi connectivity index (χ4n) is 0.825. The van der Waals surface area contributed by atoms with Crippen molar-refractivity contribution >= 4 is 11.8 Å². The highest BCUT2D eigenvalue weighted by Crippen LogP contribution is 2.29. The molecule has 0 spiro atoms. The van der Waals surface area contributed by atoms with Crippen molar-refractivity contribution in [1.29, 1.82) is 0 Å². The zero-order valence-electron chi connectivity index (χ0n) is 8.24. The number of nitrogens with two attached hydrogens (primary N) is 1. The molecule has 13 heavy (non-hydrogen) atoms.